The van der Waals surface area contributed by atoms with Gasteiger partial charge in [0.15, 0.2) is 0 Å². The van der Waals surface area contributed by atoms with Gasteiger partial charge >= 0.3 is 6.18 Å². The Balaban J connectivity index is 1.97. The monoisotopic (exact) mass is 378 g/mol. The molecule has 0 aromatic heterocycles. The molecular formula is C20H21F3N2O2. The van der Waals surface area contributed by atoms with Gasteiger partial charge in [-0.15, -0.1) is 0 Å². The third-order valence-electron chi connectivity index (χ3n) is 4.77. The van der Waals surface area contributed by atoms with Gasteiger partial charge in [0.05, 0.1) is 30.2 Å². The van der Waals surface area contributed by atoms with E-state index in [2.05, 4.69) is 5.32 Å². The van der Waals surface area contributed by atoms with Gasteiger partial charge in [0.1, 0.15) is 0 Å². The molecule has 0 bridgehead atoms. The van der Waals surface area contributed by atoms with Crippen LogP contribution in [-0.2, 0) is 10.9 Å². The lowest BCUT2D eigenvalue weighted by Gasteiger charge is -2.31. The molecule has 1 fully saturated rings. The maximum atomic E-state index is 13.2. The summed E-state index contributed by atoms with van der Waals surface area (Å²) in [6.45, 7) is 5.79. The van der Waals surface area contributed by atoms with Crippen LogP contribution in [0.2, 0.25) is 0 Å². The van der Waals surface area contributed by atoms with Gasteiger partial charge in [0.2, 0.25) is 0 Å². The number of nitrogens with one attached hydrogen (secondary N) is 1. The first-order valence-corrected chi connectivity index (χ1v) is 8.69. The minimum absolute atomic E-state index is 0.151. The van der Waals surface area contributed by atoms with Gasteiger partial charge in [0.25, 0.3) is 5.91 Å². The lowest BCUT2D eigenvalue weighted by molar-refractivity contribution is -0.137. The summed E-state index contributed by atoms with van der Waals surface area (Å²) in [6.07, 6.45) is -4.48. The van der Waals surface area contributed by atoms with Gasteiger partial charge < -0.3 is 15.0 Å². The molecule has 0 aliphatic carbocycles. The molecule has 1 N–H and O–H groups in total. The molecular weight excluding hydrogens is 357 g/mol. The molecule has 1 heterocycles. The van der Waals surface area contributed by atoms with Crippen molar-refractivity contribution in [3.8, 4) is 0 Å². The molecule has 0 unspecified atom stereocenters. The number of ether oxygens (including phenoxy) is 1. The number of halogens is 3. The van der Waals surface area contributed by atoms with E-state index in [0.29, 0.717) is 37.6 Å². The molecule has 0 radical (unpaired) electrons. The standard InChI is InChI=1S/C20H21F3N2O2/c1-13-4-3-5-16(14(13)2)19(26)24-17-12-15(20(21,22)23)6-7-18(17)25-8-10-27-11-9-25/h3-7,12H,8-11H2,1-2H3,(H,24,26). The number of rotatable bonds is 3. The predicted molar refractivity (Wildman–Crippen MR) is 98.3 cm³/mol. The van der Waals surface area contributed by atoms with E-state index in [9.17, 15) is 18.0 Å². The fourth-order valence-electron chi connectivity index (χ4n) is 3.08. The molecule has 1 amide bonds. The highest BCUT2D eigenvalue weighted by Crippen LogP contribution is 2.36. The highest BCUT2D eigenvalue weighted by atomic mass is 19.4. The summed E-state index contributed by atoms with van der Waals surface area (Å²) in [4.78, 5) is 14.7. The van der Waals surface area contributed by atoms with Crippen molar-refractivity contribution in [3.63, 3.8) is 0 Å². The van der Waals surface area contributed by atoms with Crippen molar-refractivity contribution in [1.29, 1.82) is 0 Å². The zero-order valence-electron chi connectivity index (χ0n) is 15.2. The Morgan fingerprint density at radius 2 is 1.81 bits per heavy atom. The molecule has 2 aromatic rings. The van der Waals surface area contributed by atoms with Gasteiger partial charge in [-0.05, 0) is 49.2 Å². The van der Waals surface area contributed by atoms with Gasteiger partial charge in [-0.1, -0.05) is 12.1 Å². The van der Waals surface area contributed by atoms with Crippen LogP contribution >= 0.6 is 0 Å². The molecule has 7 heteroatoms. The molecule has 1 aliphatic rings. The fourth-order valence-corrected chi connectivity index (χ4v) is 3.08. The summed E-state index contributed by atoms with van der Waals surface area (Å²) in [7, 11) is 0. The number of benzene rings is 2. The van der Waals surface area contributed by atoms with Gasteiger partial charge in [0, 0.05) is 18.7 Å². The third kappa shape index (κ3) is 4.24. The summed E-state index contributed by atoms with van der Waals surface area (Å²) in [5.74, 6) is -0.426. The van der Waals surface area contributed by atoms with Crippen LogP contribution in [0, 0.1) is 13.8 Å². The number of morpholine rings is 1. The SMILES string of the molecule is Cc1cccc(C(=O)Nc2cc(C(F)(F)F)ccc2N2CCOCC2)c1C. The fraction of sp³-hybridized carbons (Fsp3) is 0.350. The molecule has 1 saturated heterocycles. The van der Waals surface area contributed by atoms with Crippen molar-refractivity contribution >= 4 is 17.3 Å². The smallest absolute Gasteiger partial charge is 0.378 e. The number of aryl methyl sites for hydroxylation is 1. The first-order chi connectivity index (χ1) is 12.8. The average molecular weight is 378 g/mol. The minimum Gasteiger partial charge on any atom is -0.378 e. The van der Waals surface area contributed by atoms with Crippen LogP contribution in [0.25, 0.3) is 0 Å². The maximum absolute atomic E-state index is 13.2. The van der Waals surface area contributed by atoms with E-state index in [-0.39, 0.29) is 5.69 Å². The summed E-state index contributed by atoms with van der Waals surface area (Å²) in [5.41, 5.74) is 2.11. The number of carbonyl (C=O) groups excluding carboxylic acids is 1. The highest BCUT2D eigenvalue weighted by Gasteiger charge is 2.32. The van der Waals surface area contributed by atoms with Gasteiger partial charge in [-0.3, -0.25) is 4.79 Å². The molecule has 27 heavy (non-hydrogen) atoms. The van der Waals surface area contributed by atoms with Crippen molar-refractivity contribution in [2.45, 2.75) is 20.0 Å². The van der Waals surface area contributed by atoms with Crippen LogP contribution in [0.1, 0.15) is 27.0 Å². The van der Waals surface area contributed by atoms with E-state index in [0.717, 1.165) is 23.3 Å². The molecule has 3 rings (SSSR count). The van der Waals surface area contributed by atoms with Crippen LogP contribution in [0.15, 0.2) is 36.4 Å². The summed E-state index contributed by atoms with van der Waals surface area (Å²) in [6, 6.07) is 8.75. The zero-order chi connectivity index (χ0) is 19.6. The normalized spacial score (nSPS) is 14.9. The molecule has 1 aliphatic heterocycles. The third-order valence-corrected chi connectivity index (χ3v) is 4.77. The Morgan fingerprint density at radius 1 is 1.11 bits per heavy atom. The van der Waals surface area contributed by atoms with Crippen molar-refractivity contribution < 1.29 is 22.7 Å². The first kappa shape index (κ1) is 19.2. The van der Waals surface area contributed by atoms with Crippen LogP contribution in [0.4, 0.5) is 24.5 Å². The number of alkyl halides is 3. The molecule has 0 saturated carbocycles. The Hall–Kier alpha value is -2.54. The van der Waals surface area contributed by atoms with Crippen molar-refractivity contribution in [2.24, 2.45) is 0 Å². The first-order valence-electron chi connectivity index (χ1n) is 8.69. The quantitative estimate of drug-likeness (QED) is 0.860. The minimum atomic E-state index is -4.48. The summed E-state index contributed by atoms with van der Waals surface area (Å²) < 4.78 is 44.8. The largest absolute Gasteiger partial charge is 0.416 e. The van der Waals surface area contributed by atoms with E-state index in [1.165, 1.54) is 6.07 Å². The van der Waals surface area contributed by atoms with Crippen molar-refractivity contribution in [3.05, 3.63) is 58.7 Å². The van der Waals surface area contributed by atoms with E-state index in [1.807, 2.05) is 24.8 Å². The van der Waals surface area contributed by atoms with Crippen LogP contribution in [0.5, 0.6) is 0 Å². The maximum Gasteiger partial charge on any atom is 0.416 e. The second-order valence-corrected chi connectivity index (χ2v) is 6.53. The molecule has 0 spiro atoms. The molecule has 144 valence electrons. The van der Waals surface area contributed by atoms with Crippen LogP contribution in [0.3, 0.4) is 0 Å². The number of hydrogen-bond donors (Lipinski definition) is 1. The topological polar surface area (TPSA) is 41.6 Å². The number of nitrogens with zero attached hydrogens (tertiary/aromatic N) is 1. The Labute approximate surface area is 155 Å². The predicted octanol–water partition coefficient (Wildman–Crippen LogP) is 4.41. The highest BCUT2D eigenvalue weighted by molar-refractivity contribution is 6.07. The number of amides is 1. The lowest BCUT2D eigenvalue weighted by Crippen LogP contribution is -2.37. The average Bonchev–Trinajstić information content (AvgIpc) is 2.64. The van der Waals surface area contributed by atoms with E-state index in [4.69, 9.17) is 4.74 Å². The Kier molecular flexibility index (Phi) is 5.41. The molecule has 0 atom stereocenters. The van der Waals surface area contributed by atoms with E-state index in [1.54, 1.807) is 12.1 Å². The van der Waals surface area contributed by atoms with Gasteiger partial charge in [-0.25, -0.2) is 0 Å². The summed E-state index contributed by atoms with van der Waals surface area (Å²) >= 11 is 0. The lowest BCUT2D eigenvalue weighted by atomic mass is 10.0. The van der Waals surface area contributed by atoms with Crippen molar-refractivity contribution in [2.75, 3.05) is 36.5 Å². The zero-order valence-corrected chi connectivity index (χ0v) is 15.2. The second kappa shape index (κ2) is 7.60. The van der Waals surface area contributed by atoms with Crippen molar-refractivity contribution in [1.82, 2.24) is 0 Å². The Bertz CT molecular complexity index is 844. The number of anilines is 2. The molecule has 2 aromatic carbocycles. The van der Waals surface area contributed by atoms with E-state index >= 15 is 0 Å². The van der Waals surface area contributed by atoms with E-state index < -0.39 is 17.6 Å². The summed E-state index contributed by atoms with van der Waals surface area (Å²) in [5, 5.41) is 2.68. The van der Waals surface area contributed by atoms with Gasteiger partial charge in [-0.2, -0.15) is 13.2 Å². The number of hydrogen-bond acceptors (Lipinski definition) is 3. The Morgan fingerprint density at radius 3 is 2.48 bits per heavy atom. The number of carbonyl (C=O) groups is 1. The van der Waals surface area contributed by atoms with Crippen LogP contribution < -0.4 is 10.2 Å². The van der Waals surface area contributed by atoms with Crippen LogP contribution in [-0.4, -0.2) is 32.2 Å². The molecule has 4 nitrogen and oxygen atoms in total. The second-order valence-electron chi connectivity index (χ2n) is 6.53.